The molecule has 0 aliphatic heterocycles. The van der Waals surface area contributed by atoms with E-state index < -0.39 is 17.2 Å². The molecule has 1 aliphatic rings. The molecule has 1 aromatic carbocycles. The Bertz CT molecular complexity index is 888. The van der Waals surface area contributed by atoms with Crippen LogP contribution in [0.2, 0.25) is 0 Å². The van der Waals surface area contributed by atoms with Gasteiger partial charge in [0.05, 0.1) is 0 Å². The van der Waals surface area contributed by atoms with Gasteiger partial charge in [0.25, 0.3) is 0 Å². The van der Waals surface area contributed by atoms with Gasteiger partial charge >= 0.3 is 0 Å². The van der Waals surface area contributed by atoms with Crippen LogP contribution in [0, 0.1) is 28.9 Å². The third-order valence-electron chi connectivity index (χ3n) is 7.21. The number of hydrogen-bond acceptors (Lipinski definition) is 3. The van der Waals surface area contributed by atoms with Crippen molar-refractivity contribution < 1.29 is 8.78 Å². The smallest absolute Gasteiger partial charge is 0.159 e. The number of nitrogens with zero attached hydrogens (tertiary/aromatic N) is 3. The highest BCUT2D eigenvalue weighted by Gasteiger charge is 2.40. The molecule has 5 heteroatoms. The lowest BCUT2D eigenvalue weighted by Gasteiger charge is -2.44. The molecule has 0 radical (unpaired) electrons. The summed E-state index contributed by atoms with van der Waals surface area (Å²) < 4.78 is 28.1. The van der Waals surface area contributed by atoms with Crippen molar-refractivity contribution in [2.75, 3.05) is 0 Å². The van der Waals surface area contributed by atoms with Crippen LogP contribution in [-0.4, -0.2) is 9.97 Å². The van der Waals surface area contributed by atoms with Gasteiger partial charge in [-0.15, -0.1) is 0 Å². The first-order valence-electron chi connectivity index (χ1n) is 12.3. The molecule has 1 aliphatic carbocycles. The van der Waals surface area contributed by atoms with Crippen LogP contribution in [0.4, 0.5) is 8.78 Å². The van der Waals surface area contributed by atoms with Gasteiger partial charge in [0.1, 0.15) is 23.3 Å². The third-order valence-corrected chi connectivity index (χ3v) is 7.21. The number of rotatable bonds is 10. The van der Waals surface area contributed by atoms with E-state index in [2.05, 4.69) is 23.8 Å². The molecule has 1 atom stereocenters. The molecule has 0 saturated heterocycles. The normalized spacial score (nSPS) is 16.5. The number of nitriles is 1. The Morgan fingerprint density at radius 2 is 1.59 bits per heavy atom. The molecule has 1 aromatic heterocycles. The van der Waals surface area contributed by atoms with Gasteiger partial charge in [-0.05, 0) is 49.3 Å². The van der Waals surface area contributed by atoms with Crippen LogP contribution in [0.15, 0.2) is 24.5 Å². The largest absolute Gasteiger partial charge is 0.236 e. The van der Waals surface area contributed by atoms with E-state index in [1.807, 2.05) is 12.4 Å². The summed E-state index contributed by atoms with van der Waals surface area (Å²) in [4.78, 5) is 9.06. The predicted molar refractivity (Wildman–Crippen MR) is 124 cm³/mol. The highest BCUT2D eigenvalue weighted by molar-refractivity contribution is 5.57. The summed E-state index contributed by atoms with van der Waals surface area (Å²) >= 11 is 0. The molecule has 3 nitrogen and oxygen atoms in total. The van der Waals surface area contributed by atoms with E-state index in [0.717, 1.165) is 25.0 Å². The molecule has 3 rings (SSSR count). The molecule has 0 spiro atoms. The minimum atomic E-state index is -0.881. The van der Waals surface area contributed by atoms with Gasteiger partial charge in [-0.25, -0.2) is 18.7 Å². The average molecular weight is 440 g/mol. The average Bonchev–Trinajstić information content (AvgIpc) is 2.81. The lowest BCUT2D eigenvalue weighted by Crippen LogP contribution is -2.38. The molecule has 1 unspecified atom stereocenters. The predicted octanol–water partition coefficient (Wildman–Crippen LogP) is 7.88. The second kappa shape index (κ2) is 11.5. The Morgan fingerprint density at radius 3 is 2.16 bits per heavy atom. The summed E-state index contributed by atoms with van der Waals surface area (Å²) in [6.07, 6.45) is 18.5. The fourth-order valence-corrected chi connectivity index (χ4v) is 5.52. The zero-order valence-electron chi connectivity index (χ0n) is 19.5. The zero-order chi connectivity index (χ0) is 23.0. The van der Waals surface area contributed by atoms with Gasteiger partial charge in [-0.2, -0.15) is 5.26 Å². The number of halogens is 2. The monoisotopic (exact) mass is 439 g/mol. The summed E-state index contributed by atoms with van der Waals surface area (Å²) in [5, 5.41) is 8.90. The first-order chi connectivity index (χ1) is 15.6. The summed E-state index contributed by atoms with van der Waals surface area (Å²) in [7, 11) is 0. The maximum absolute atomic E-state index is 14.1. The van der Waals surface area contributed by atoms with Crippen LogP contribution in [0.25, 0.3) is 11.4 Å². The van der Waals surface area contributed by atoms with Gasteiger partial charge < -0.3 is 0 Å². The van der Waals surface area contributed by atoms with E-state index in [1.165, 1.54) is 69.8 Å². The van der Waals surface area contributed by atoms with Crippen LogP contribution >= 0.6 is 0 Å². The number of unbranched alkanes of at least 4 members (excludes halogenated alkanes) is 3. The molecule has 172 valence electrons. The van der Waals surface area contributed by atoms with Crippen molar-refractivity contribution in [2.24, 2.45) is 5.92 Å². The highest BCUT2D eigenvalue weighted by atomic mass is 19.1. The summed E-state index contributed by atoms with van der Waals surface area (Å²) in [6.45, 7) is 4.51. The molecule has 1 heterocycles. The summed E-state index contributed by atoms with van der Waals surface area (Å²) in [5.74, 6) is -0.857. The summed E-state index contributed by atoms with van der Waals surface area (Å²) in [6, 6.07) is 3.84. The Morgan fingerprint density at radius 1 is 0.938 bits per heavy atom. The quantitative estimate of drug-likeness (QED) is 0.354. The molecule has 0 bridgehead atoms. The van der Waals surface area contributed by atoms with E-state index in [-0.39, 0.29) is 16.8 Å². The van der Waals surface area contributed by atoms with Crippen molar-refractivity contribution in [2.45, 2.75) is 96.3 Å². The van der Waals surface area contributed by atoms with Crippen LogP contribution in [0.3, 0.4) is 0 Å². The molecular formula is C27H35F2N3. The fourth-order valence-electron chi connectivity index (χ4n) is 5.52. The maximum atomic E-state index is 14.1. The second-order valence-corrected chi connectivity index (χ2v) is 9.27. The lowest BCUT2D eigenvalue weighted by atomic mass is 9.60. The maximum Gasteiger partial charge on any atom is 0.159 e. The molecular weight excluding hydrogens is 404 g/mol. The highest BCUT2D eigenvalue weighted by Crippen LogP contribution is 2.48. The minimum absolute atomic E-state index is 0.0974. The van der Waals surface area contributed by atoms with E-state index in [0.29, 0.717) is 5.92 Å². The molecule has 2 aromatic rings. The molecule has 0 amide bonds. The van der Waals surface area contributed by atoms with Crippen molar-refractivity contribution in [1.82, 2.24) is 9.97 Å². The van der Waals surface area contributed by atoms with Gasteiger partial charge in [0.2, 0.25) is 0 Å². The van der Waals surface area contributed by atoms with Crippen LogP contribution in [0.5, 0.6) is 0 Å². The van der Waals surface area contributed by atoms with E-state index in [9.17, 15) is 8.78 Å². The minimum Gasteiger partial charge on any atom is -0.236 e. The van der Waals surface area contributed by atoms with Gasteiger partial charge in [0.15, 0.2) is 5.82 Å². The van der Waals surface area contributed by atoms with Crippen molar-refractivity contribution in [1.29, 1.82) is 5.26 Å². The molecule has 1 fully saturated rings. The third kappa shape index (κ3) is 5.34. The second-order valence-electron chi connectivity index (χ2n) is 9.27. The number of hydrogen-bond donors (Lipinski definition) is 0. The number of benzene rings is 1. The Balaban J connectivity index is 1.90. The van der Waals surface area contributed by atoms with Crippen LogP contribution in [-0.2, 0) is 5.41 Å². The van der Waals surface area contributed by atoms with Gasteiger partial charge in [0, 0.05) is 23.4 Å². The standard InChI is InChI=1S/C27H35F2N3/c1-3-5-6-8-12-21(11-4-2)27(13-9-7-10-14-27)22-18-31-26(32-19-22)20-15-24(28)23(17-30)25(29)16-20/h15-16,18-19,21H,3-14H2,1-2H3. The van der Waals surface area contributed by atoms with Gasteiger partial charge in [-0.1, -0.05) is 65.2 Å². The first-order valence-corrected chi connectivity index (χ1v) is 12.3. The van der Waals surface area contributed by atoms with Crippen molar-refractivity contribution in [3.63, 3.8) is 0 Å². The fraction of sp³-hybridized carbons (Fsp3) is 0.593. The first kappa shape index (κ1) is 24.3. The van der Waals surface area contributed by atoms with E-state index in [1.54, 1.807) is 6.07 Å². The number of aromatic nitrogens is 2. The molecule has 32 heavy (non-hydrogen) atoms. The van der Waals surface area contributed by atoms with Crippen molar-refractivity contribution in [3.8, 4) is 17.5 Å². The van der Waals surface area contributed by atoms with Gasteiger partial charge in [-0.3, -0.25) is 0 Å². The lowest BCUT2D eigenvalue weighted by molar-refractivity contribution is 0.164. The van der Waals surface area contributed by atoms with Crippen molar-refractivity contribution >= 4 is 0 Å². The Labute approximate surface area is 191 Å². The van der Waals surface area contributed by atoms with Crippen LogP contribution < -0.4 is 0 Å². The van der Waals surface area contributed by atoms with E-state index >= 15 is 0 Å². The Hall–Kier alpha value is -2.35. The molecule has 1 saturated carbocycles. The molecule has 0 N–H and O–H groups in total. The van der Waals surface area contributed by atoms with Crippen molar-refractivity contribution in [3.05, 3.63) is 47.3 Å². The topological polar surface area (TPSA) is 49.6 Å². The zero-order valence-corrected chi connectivity index (χ0v) is 19.5. The van der Waals surface area contributed by atoms with Crippen LogP contribution in [0.1, 0.15) is 102 Å². The summed E-state index contributed by atoms with van der Waals surface area (Å²) in [5.41, 5.74) is 0.953. The van der Waals surface area contributed by atoms with E-state index in [4.69, 9.17) is 5.26 Å². The Kier molecular flexibility index (Phi) is 8.73. The SMILES string of the molecule is CCCCCCC(CCC)C1(c2cnc(-c3cc(F)c(C#N)c(F)c3)nc2)CCCCC1.